The molecule has 0 aliphatic carbocycles. The van der Waals surface area contributed by atoms with Gasteiger partial charge in [-0.25, -0.2) is 0 Å². The fourth-order valence-electron chi connectivity index (χ4n) is 3.59. The van der Waals surface area contributed by atoms with Gasteiger partial charge in [-0.05, 0) is 54.3 Å². The SMILES string of the molecule is OC(CCCc1nnc(SCc2cccc(Cl)c2)n1-c1cccc(Cl)c1)NCc1ccccc1. The molecule has 0 radical (unpaired) electrons. The van der Waals surface area contributed by atoms with Crippen molar-refractivity contribution in [3.63, 3.8) is 0 Å². The first-order valence-corrected chi connectivity index (χ1v) is 12.9. The number of aryl methyl sites for hydroxylation is 1. The van der Waals surface area contributed by atoms with Crippen LogP contribution in [-0.4, -0.2) is 26.1 Å². The molecule has 0 saturated carbocycles. The smallest absolute Gasteiger partial charge is 0.196 e. The first-order valence-electron chi connectivity index (χ1n) is 11.1. The van der Waals surface area contributed by atoms with E-state index in [0.717, 1.165) is 45.0 Å². The molecule has 5 nitrogen and oxygen atoms in total. The molecule has 1 heterocycles. The van der Waals surface area contributed by atoms with E-state index in [1.54, 1.807) is 11.8 Å². The lowest BCUT2D eigenvalue weighted by Crippen LogP contribution is -2.28. The molecule has 1 aromatic heterocycles. The Morgan fingerprint density at radius 3 is 2.38 bits per heavy atom. The summed E-state index contributed by atoms with van der Waals surface area (Å²) in [6, 6.07) is 25.5. The Morgan fingerprint density at radius 1 is 0.882 bits per heavy atom. The molecule has 0 spiro atoms. The summed E-state index contributed by atoms with van der Waals surface area (Å²) < 4.78 is 2.05. The normalized spacial score (nSPS) is 12.1. The Hall–Kier alpha value is -2.35. The van der Waals surface area contributed by atoms with Crippen molar-refractivity contribution in [2.24, 2.45) is 0 Å². The summed E-state index contributed by atoms with van der Waals surface area (Å²) in [6.45, 7) is 0.630. The van der Waals surface area contributed by atoms with E-state index in [2.05, 4.69) is 15.5 Å². The van der Waals surface area contributed by atoms with Gasteiger partial charge in [0.2, 0.25) is 0 Å². The minimum absolute atomic E-state index is 0.584. The molecule has 34 heavy (non-hydrogen) atoms. The zero-order chi connectivity index (χ0) is 23.8. The maximum atomic E-state index is 10.4. The number of halogens is 2. The molecule has 0 fully saturated rings. The molecule has 2 N–H and O–H groups in total. The molecule has 0 amide bonds. The zero-order valence-electron chi connectivity index (χ0n) is 18.6. The number of benzene rings is 3. The van der Waals surface area contributed by atoms with Crippen LogP contribution in [0.15, 0.2) is 84.0 Å². The highest BCUT2D eigenvalue weighted by Crippen LogP contribution is 2.28. The summed E-state index contributed by atoms with van der Waals surface area (Å²) in [4.78, 5) is 0. The number of aliphatic hydroxyl groups is 1. The van der Waals surface area contributed by atoms with Crippen molar-refractivity contribution in [1.82, 2.24) is 20.1 Å². The van der Waals surface area contributed by atoms with Gasteiger partial charge in [-0.2, -0.15) is 0 Å². The molecule has 0 aliphatic rings. The molecule has 4 aromatic rings. The van der Waals surface area contributed by atoms with Crippen LogP contribution in [0.5, 0.6) is 0 Å². The van der Waals surface area contributed by atoms with E-state index in [0.29, 0.717) is 24.4 Å². The number of hydrogen-bond donors (Lipinski definition) is 2. The highest BCUT2D eigenvalue weighted by molar-refractivity contribution is 7.98. The lowest BCUT2D eigenvalue weighted by Gasteiger charge is -2.14. The molecule has 0 aliphatic heterocycles. The number of nitrogens with zero attached hydrogens (tertiary/aromatic N) is 3. The largest absolute Gasteiger partial charge is 0.379 e. The van der Waals surface area contributed by atoms with E-state index < -0.39 is 6.23 Å². The Bertz CT molecular complexity index is 1200. The molecule has 3 aromatic carbocycles. The van der Waals surface area contributed by atoms with Crippen LogP contribution in [0.25, 0.3) is 5.69 Å². The molecule has 176 valence electrons. The summed E-state index contributed by atoms with van der Waals surface area (Å²) in [5, 5.41) is 24.6. The van der Waals surface area contributed by atoms with Crippen molar-refractivity contribution in [2.75, 3.05) is 0 Å². The molecule has 1 atom stereocenters. The van der Waals surface area contributed by atoms with Crippen LogP contribution in [0, 0.1) is 0 Å². The van der Waals surface area contributed by atoms with Crippen LogP contribution in [0.2, 0.25) is 10.0 Å². The van der Waals surface area contributed by atoms with Gasteiger partial charge in [-0.3, -0.25) is 9.88 Å². The van der Waals surface area contributed by atoms with E-state index in [1.165, 1.54) is 0 Å². The lowest BCUT2D eigenvalue weighted by atomic mass is 10.2. The van der Waals surface area contributed by atoms with E-state index in [1.807, 2.05) is 83.4 Å². The Morgan fingerprint density at radius 2 is 1.62 bits per heavy atom. The van der Waals surface area contributed by atoms with Crippen LogP contribution in [0.1, 0.15) is 29.8 Å². The van der Waals surface area contributed by atoms with Gasteiger partial charge in [0, 0.05) is 28.8 Å². The van der Waals surface area contributed by atoms with Gasteiger partial charge in [-0.1, -0.05) is 83.5 Å². The van der Waals surface area contributed by atoms with Crippen LogP contribution in [0.3, 0.4) is 0 Å². The Labute approximate surface area is 214 Å². The molecule has 8 heteroatoms. The second-order valence-corrected chi connectivity index (χ2v) is 9.72. The monoisotopic (exact) mass is 512 g/mol. The van der Waals surface area contributed by atoms with E-state index in [4.69, 9.17) is 23.2 Å². The standard InChI is InChI=1S/C26H26Cl2N4OS/c27-21-10-4-9-20(15-21)18-34-26-31-30-24(32(26)23-12-5-11-22(28)16-23)13-6-14-25(33)29-17-19-7-2-1-3-8-19/h1-5,7-12,15-16,25,29,33H,6,13-14,17-18H2. The highest BCUT2D eigenvalue weighted by Gasteiger charge is 2.16. The minimum atomic E-state index is -0.584. The number of thioether (sulfide) groups is 1. The van der Waals surface area contributed by atoms with Crippen molar-refractivity contribution < 1.29 is 5.11 Å². The average Bonchev–Trinajstić information content (AvgIpc) is 3.25. The number of aromatic nitrogens is 3. The van der Waals surface area contributed by atoms with Gasteiger partial charge in [0.15, 0.2) is 5.16 Å². The second-order valence-electron chi connectivity index (χ2n) is 7.91. The molecule has 0 bridgehead atoms. The first kappa shape index (κ1) is 24.8. The van der Waals surface area contributed by atoms with Crippen LogP contribution >= 0.6 is 35.0 Å². The number of hydrogen-bond acceptors (Lipinski definition) is 5. The van der Waals surface area contributed by atoms with Crippen molar-refractivity contribution >= 4 is 35.0 Å². The van der Waals surface area contributed by atoms with E-state index in [9.17, 15) is 5.11 Å². The van der Waals surface area contributed by atoms with Gasteiger partial charge in [-0.15, -0.1) is 10.2 Å². The third-order valence-electron chi connectivity index (χ3n) is 5.29. The van der Waals surface area contributed by atoms with Gasteiger partial charge in [0.05, 0.1) is 5.69 Å². The topological polar surface area (TPSA) is 63.0 Å². The van der Waals surface area contributed by atoms with Gasteiger partial charge >= 0.3 is 0 Å². The molecular weight excluding hydrogens is 487 g/mol. The van der Waals surface area contributed by atoms with Crippen LogP contribution in [0.4, 0.5) is 0 Å². The predicted octanol–water partition coefficient (Wildman–Crippen LogP) is 6.30. The predicted molar refractivity (Wildman–Crippen MR) is 140 cm³/mol. The van der Waals surface area contributed by atoms with Crippen molar-refractivity contribution in [3.05, 3.63) is 106 Å². The molecule has 4 rings (SSSR count). The molecule has 0 saturated heterocycles. The van der Waals surface area contributed by atoms with Gasteiger partial charge in [0.25, 0.3) is 0 Å². The summed E-state index contributed by atoms with van der Waals surface area (Å²) in [5.41, 5.74) is 3.18. The van der Waals surface area contributed by atoms with Crippen LogP contribution in [-0.2, 0) is 18.7 Å². The molecular formula is C26H26Cl2N4OS. The maximum Gasteiger partial charge on any atom is 0.196 e. The van der Waals surface area contributed by atoms with Crippen LogP contribution < -0.4 is 5.32 Å². The van der Waals surface area contributed by atoms with Crippen molar-refractivity contribution in [3.8, 4) is 5.69 Å². The average molecular weight is 513 g/mol. The van der Waals surface area contributed by atoms with Crippen molar-refractivity contribution in [1.29, 1.82) is 0 Å². The fraction of sp³-hybridized carbons (Fsp3) is 0.231. The fourth-order valence-corrected chi connectivity index (χ4v) is 4.90. The van der Waals surface area contributed by atoms with E-state index >= 15 is 0 Å². The number of rotatable bonds is 11. The van der Waals surface area contributed by atoms with Gasteiger partial charge < -0.3 is 5.11 Å². The number of nitrogens with one attached hydrogen (secondary N) is 1. The summed E-state index contributed by atoms with van der Waals surface area (Å²) in [7, 11) is 0. The number of aliphatic hydroxyl groups excluding tert-OH is 1. The third kappa shape index (κ3) is 7.08. The maximum absolute atomic E-state index is 10.4. The zero-order valence-corrected chi connectivity index (χ0v) is 20.9. The summed E-state index contributed by atoms with van der Waals surface area (Å²) in [6.07, 6.45) is 1.47. The Kier molecular flexibility index (Phi) is 9.02. The summed E-state index contributed by atoms with van der Waals surface area (Å²) in [5.74, 6) is 1.56. The summed E-state index contributed by atoms with van der Waals surface area (Å²) >= 11 is 14.0. The highest BCUT2D eigenvalue weighted by atomic mass is 35.5. The minimum Gasteiger partial charge on any atom is -0.379 e. The van der Waals surface area contributed by atoms with Crippen molar-refractivity contribution in [2.45, 2.75) is 42.9 Å². The lowest BCUT2D eigenvalue weighted by molar-refractivity contribution is 0.123. The Balaban J connectivity index is 1.41. The van der Waals surface area contributed by atoms with E-state index in [-0.39, 0.29) is 0 Å². The van der Waals surface area contributed by atoms with Gasteiger partial charge in [0.1, 0.15) is 12.1 Å². The second kappa shape index (κ2) is 12.4. The molecule has 1 unspecified atom stereocenters. The third-order valence-corrected chi connectivity index (χ3v) is 6.76. The first-order chi connectivity index (χ1) is 16.6. The quantitative estimate of drug-likeness (QED) is 0.182.